The number of rotatable bonds is 2. The zero-order valence-corrected chi connectivity index (χ0v) is 19.3. The molecule has 34 heavy (non-hydrogen) atoms. The lowest BCUT2D eigenvalue weighted by Gasteiger charge is -2.37. The fourth-order valence-corrected chi connectivity index (χ4v) is 5.21. The van der Waals surface area contributed by atoms with Gasteiger partial charge in [-0.05, 0) is 61.9 Å². The smallest absolute Gasteiger partial charge is 0.340 e. The van der Waals surface area contributed by atoms with Crippen molar-refractivity contribution >= 4 is 23.0 Å². The van der Waals surface area contributed by atoms with Gasteiger partial charge in [-0.2, -0.15) is 0 Å². The number of nitrogens with zero attached hydrogens (tertiary/aromatic N) is 1. The lowest BCUT2D eigenvalue weighted by molar-refractivity contribution is 0.0224. The van der Waals surface area contributed by atoms with E-state index in [1.807, 2.05) is 55.6 Å². The molecule has 0 radical (unpaired) electrons. The Labute approximate surface area is 198 Å². The zero-order valence-electron chi connectivity index (χ0n) is 19.3. The summed E-state index contributed by atoms with van der Waals surface area (Å²) in [5, 5.41) is 0. The average molecular weight is 449 g/mol. The first-order valence-corrected chi connectivity index (χ1v) is 11.2. The highest BCUT2D eigenvalue weighted by molar-refractivity contribution is 5.97. The van der Waals surface area contributed by atoms with Gasteiger partial charge in [0.05, 0.1) is 5.56 Å². The molecule has 2 aliphatic heterocycles. The third-order valence-electron chi connectivity index (χ3n) is 6.82. The summed E-state index contributed by atoms with van der Waals surface area (Å²) in [6.45, 7) is 4.20. The van der Waals surface area contributed by atoms with Gasteiger partial charge in [-0.1, -0.05) is 35.9 Å². The number of ether oxygens (including phenoxy) is 2. The van der Waals surface area contributed by atoms with Crippen molar-refractivity contribution in [2.45, 2.75) is 19.4 Å². The summed E-state index contributed by atoms with van der Waals surface area (Å²) in [6.07, 6.45) is 0. The van der Waals surface area contributed by atoms with Crippen LogP contribution in [0.2, 0.25) is 0 Å². The molecule has 0 amide bonds. The Morgan fingerprint density at radius 1 is 0.824 bits per heavy atom. The molecule has 2 N–H and O–H groups in total. The van der Waals surface area contributed by atoms with E-state index in [4.69, 9.17) is 15.2 Å². The number of carbonyl (C=O) groups excluding carboxylic acids is 1. The Kier molecular flexibility index (Phi) is 4.27. The summed E-state index contributed by atoms with van der Waals surface area (Å²) < 4.78 is 12.6. The first-order chi connectivity index (χ1) is 16.4. The van der Waals surface area contributed by atoms with Crippen molar-refractivity contribution < 1.29 is 14.3 Å². The molecule has 0 bridgehead atoms. The van der Waals surface area contributed by atoms with E-state index in [-0.39, 0.29) is 5.97 Å². The van der Waals surface area contributed by atoms with Gasteiger partial charge in [-0.15, -0.1) is 0 Å². The minimum atomic E-state index is -1.11. The minimum Gasteiger partial charge on any atom is -0.456 e. The lowest BCUT2D eigenvalue weighted by atomic mass is 9.77. The Hall–Kier alpha value is -4.25. The summed E-state index contributed by atoms with van der Waals surface area (Å²) in [6, 6.07) is 25.4. The largest absolute Gasteiger partial charge is 0.456 e. The van der Waals surface area contributed by atoms with Crippen molar-refractivity contribution in [3.63, 3.8) is 0 Å². The minimum absolute atomic E-state index is 0.353. The highest BCUT2D eigenvalue weighted by Crippen LogP contribution is 2.56. The number of anilines is 3. The van der Waals surface area contributed by atoms with E-state index in [0.29, 0.717) is 22.7 Å². The van der Waals surface area contributed by atoms with Gasteiger partial charge in [-0.25, -0.2) is 4.79 Å². The van der Waals surface area contributed by atoms with Crippen LogP contribution in [0.4, 0.5) is 17.1 Å². The highest BCUT2D eigenvalue weighted by Gasteiger charge is 2.53. The quantitative estimate of drug-likeness (QED) is 0.291. The van der Waals surface area contributed by atoms with Crippen molar-refractivity contribution in [2.75, 3.05) is 17.7 Å². The standard InChI is InChI=1S/C29H24N2O3/c1-17-8-12-25(18(2)14-17)31(3)20-10-11-23-27(16-20)33-26-13-9-19(30)15-24(26)29(23)22-7-5-4-6-21(22)28(32)34-29/h4-16H,30H2,1-3H3. The molecule has 4 aromatic rings. The number of nitrogens with two attached hydrogens (primary N) is 1. The fraction of sp³-hybridized carbons (Fsp3) is 0.138. The fourth-order valence-electron chi connectivity index (χ4n) is 5.21. The topological polar surface area (TPSA) is 64.8 Å². The van der Waals surface area contributed by atoms with Crippen LogP contribution in [-0.2, 0) is 10.3 Å². The number of esters is 1. The number of aryl methyl sites for hydroxylation is 2. The highest BCUT2D eigenvalue weighted by atomic mass is 16.6. The van der Waals surface area contributed by atoms with E-state index in [0.717, 1.165) is 28.1 Å². The molecule has 0 fully saturated rings. The molecule has 168 valence electrons. The van der Waals surface area contributed by atoms with Crippen LogP contribution in [-0.4, -0.2) is 13.0 Å². The van der Waals surface area contributed by atoms with Crippen LogP contribution in [0, 0.1) is 13.8 Å². The third-order valence-corrected chi connectivity index (χ3v) is 6.82. The summed E-state index contributed by atoms with van der Waals surface area (Å²) in [5.41, 5.74) is 13.0. The molecule has 1 unspecified atom stereocenters. The van der Waals surface area contributed by atoms with Crippen LogP contribution >= 0.6 is 0 Å². The predicted molar refractivity (Wildman–Crippen MR) is 133 cm³/mol. The molecule has 1 spiro atoms. The second-order valence-electron chi connectivity index (χ2n) is 9.00. The van der Waals surface area contributed by atoms with Crippen LogP contribution in [0.5, 0.6) is 11.5 Å². The monoisotopic (exact) mass is 448 g/mol. The van der Waals surface area contributed by atoms with E-state index in [2.05, 4.69) is 36.9 Å². The van der Waals surface area contributed by atoms with E-state index in [9.17, 15) is 4.79 Å². The summed E-state index contributed by atoms with van der Waals surface area (Å²) in [5.74, 6) is 0.918. The second kappa shape index (κ2) is 7.12. The Morgan fingerprint density at radius 3 is 2.47 bits per heavy atom. The normalized spacial score (nSPS) is 17.4. The molecule has 5 nitrogen and oxygen atoms in total. The van der Waals surface area contributed by atoms with E-state index >= 15 is 0 Å². The predicted octanol–water partition coefficient (Wildman–Crippen LogP) is 6.22. The Bertz CT molecular complexity index is 1490. The van der Waals surface area contributed by atoms with Gasteiger partial charge in [0.25, 0.3) is 0 Å². The first kappa shape index (κ1) is 20.4. The number of nitrogen functional groups attached to an aromatic ring is 1. The molecular formula is C29H24N2O3. The van der Waals surface area contributed by atoms with Crippen molar-refractivity contribution in [2.24, 2.45) is 0 Å². The molecule has 6 rings (SSSR count). The second-order valence-corrected chi connectivity index (χ2v) is 9.00. The van der Waals surface area contributed by atoms with Crippen molar-refractivity contribution in [3.8, 4) is 11.5 Å². The molecule has 0 aliphatic carbocycles. The van der Waals surface area contributed by atoms with Crippen molar-refractivity contribution in [1.82, 2.24) is 0 Å². The number of benzene rings is 4. The van der Waals surface area contributed by atoms with Crippen molar-refractivity contribution in [3.05, 3.63) is 112 Å². The van der Waals surface area contributed by atoms with Crippen molar-refractivity contribution in [1.29, 1.82) is 0 Å². The van der Waals surface area contributed by atoms with Gasteiger partial charge in [0.2, 0.25) is 0 Å². The summed E-state index contributed by atoms with van der Waals surface area (Å²) >= 11 is 0. The summed E-state index contributed by atoms with van der Waals surface area (Å²) in [4.78, 5) is 15.1. The van der Waals surface area contributed by atoms with Crippen LogP contribution in [0.25, 0.3) is 0 Å². The van der Waals surface area contributed by atoms with Crippen LogP contribution < -0.4 is 15.4 Å². The maximum atomic E-state index is 13.0. The number of carbonyl (C=O) groups is 1. The number of fused-ring (bicyclic) bond motifs is 6. The van der Waals surface area contributed by atoms with Crippen LogP contribution in [0.1, 0.15) is 38.2 Å². The van der Waals surface area contributed by atoms with E-state index in [1.165, 1.54) is 11.1 Å². The third kappa shape index (κ3) is 2.76. The average Bonchev–Trinajstić information content (AvgIpc) is 3.12. The number of hydrogen-bond donors (Lipinski definition) is 1. The van der Waals surface area contributed by atoms with Gasteiger partial charge in [-0.3, -0.25) is 0 Å². The van der Waals surface area contributed by atoms with Gasteiger partial charge in [0.1, 0.15) is 11.5 Å². The number of hydrogen-bond acceptors (Lipinski definition) is 5. The van der Waals surface area contributed by atoms with Gasteiger partial charge in [0, 0.05) is 46.9 Å². The van der Waals surface area contributed by atoms with Crippen LogP contribution in [0.15, 0.2) is 78.9 Å². The van der Waals surface area contributed by atoms with Gasteiger partial charge in [0.15, 0.2) is 5.60 Å². The Balaban J connectivity index is 1.56. The maximum absolute atomic E-state index is 13.0. The molecule has 5 heteroatoms. The zero-order chi connectivity index (χ0) is 23.6. The van der Waals surface area contributed by atoms with E-state index < -0.39 is 5.60 Å². The molecule has 0 aromatic heterocycles. The lowest BCUT2D eigenvalue weighted by Crippen LogP contribution is -2.33. The van der Waals surface area contributed by atoms with Crippen LogP contribution in [0.3, 0.4) is 0 Å². The SMILES string of the molecule is Cc1ccc(N(C)c2ccc3c(c2)Oc2ccc(N)cc2C32OC(=O)c3ccccc32)c(C)c1. The molecule has 4 aromatic carbocycles. The van der Waals surface area contributed by atoms with E-state index in [1.54, 1.807) is 12.1 Å². The molecule has 0 saturated heterocycles. The molecule has 0 saturated carbocycles. The molecule has 2 heterocycles. The molecular weight excluding hydrogens is 424 g/mol. The molecule has 2 aliphatic rings. The van der Waals surface area contributed by atoms with Gasteiger partial charge < -0.3 is 20.1 Å². The Morgan fingerprint density at radius 2 is 1.65 bits per heavy atom. The summed E-state index contributed by atoms with van der Waals surface area (Å²) in [7, 11) is 2.04. The van der Waals surface area contributed by atoms with Gasteiger partial charge >= 0.3 is 5.97 Å². The molecule has 1 atom stereocenters. The first-order valence-electron chi connectivity index (χ1n) is 11.2. The maximum Gasteiger partial charge on any atom is 0.340 e.